The maximum atomic E-state index is 2.59. The molecule has 0 aliphatic carbocycles. The molecule has 2 aliphatic heterocycles. The highest BCUT2D eigenvalue weighted by Gasteiger charge is 2.37. The second-order valence-electron chi connectivity index (χ2n) is 6.08. The van der Waals surface area contributed by atoms with Crippen molar-refractivity contribution >= 4 is 5.71 Å². The van der Waals surface area contributed by atoms with Gasteiger partial charge in [0, 0.05) is 18.4 Å². The largest absolute Gasteiger partial charge is 0.285 e. The van der Waals surface area contributed by atoms with Crippen LogP contribution in [0.25, 0.3) is 0 Å². The van der Waals surface area contributed by atoms with E-state index in [1.165, 1.54) is 36.2 Å². The quantitative estimate of drug-likeness (QED) is 0.781. The third-order valence-electron chi connectivity index (χ3n) is 4.67. The Hall–Kier alpha value is -1.35. The van der Waals surface area contributed by atoms with E-state index in [0.717, 1.165) is 19.4 Å². The summed E-state index contributed by atoms with van der Waals surface area (Å²) in [6, 6.07) is 8.92. The van der Waals surface area contributed by atoms with Gasteiger partial charge in [0.25, 0.3) is 0 Å². The van der Waals surface area contributed by atoms with E-state index >= 15 is 0 Å². The molecule has 1 aromatic carbocycles. The van der Waals surface area contributed by atoms with E-state index < -0.39 is 0 Å². The zero-order valence-corrected chi connectivity index (χ0v) is 13.0. The molecule has 1 atom stereocenters. The molecule has 0 saturated carbocycles. The Morgan fingerprint density at radius 3 is 2.85 bits per heavy atom. The predicted molar refractivity (Wildman–Crippen MR) is 83.1 cm³/mol. The van der Waals surface area contributed by atoms with Crippen LogP contribution in [0.4, 0.5) is 0 Å². The molecule has 0 radical (unpaired) electrons. The van der Waals surface area contributed by atoms with Crippen LogP contribution in [0.2, 0.25) is 0 Å². The van der Waals surface area contributed by atoms with Crippen molar-refractivity contribution in [1.82, 2.24) is 9.91 Å². The lowest BCUT2D eigenvalue weighted by atomic mass is 9.96. The van der Waals surface area contributed by atoms with Gasteiger partial charge in [-0.2, -0.15) is 5.01 Å². The summed E-state index contributed by atoms with van der Waals surface area (Å²) in [5.41, 5.74) is 4.48. The fourth-order valence-corrected chi connectivity index (χ4v) is 3.72. The molecule has 2 aliphatic rings. The van der Waals surface area contributed by atoms with E-state index in [4.69, 9.17) is 0 Å². The molecule has 1 aromatic rings. The van der Waals surface area contributed by atoms with Crippen molar-refractivity contribution in [3.8, 4) is 0 Å². The second-order valence-corrected chi connectivity index (χ2v) is 6.08. The van der Waals surface area contributed by atoms with E-state index in [1.54, 1.807) is 0 Å². The van der Waals surface area contributed by atoms with Gasteiger partial charge in [0.1, 0.15) is 6.17 Å². The van der Waals surface area contributed by atoms with Crippen LogP contribution >= 0.6 is 0 Å². The van der Waals surface area contributed by atoms with Crippen molar-refractivity contribution in [3.05, 3.63) is 35.4 Å². The first-order chi connectivity index (χ1) is 9.72. The molecule has 2 heterocycles. The van der Waals surface area contributed by atoms with Gasteiger partial charge in [-0.3, -0.25) is 4.90 Å². The number of nitrogens with zero attached hydrogens (tertiary/aromatic N) is 3. The minimum atomic E-state index is 0.557. The zero-order chi connectivity index (χ0) is 14.1. The number of hydrogen-bond donors (Lipinski definition) is 0. The van der Waals surface area contributed by atoms with Gasteiger partial charge < -0.3 is 0 Å². The maximum Gasteiger partial charge on any atom is 0.213 e. The smallest absolute Gasteiger partial charge is 0.213 e. The average Bonchev–Trinajstić information content (AvgIpc) is 2.95. The Morgan fingerprint density at radius 2 is 2.10 bits per heavy atom. The van der Waals surface area contributed by atoms with E-state index in [1.807, 2.05) is 0 Å². The molecule has 0 bridgehead atoms. The summed E-state index contributed by atoms with van der Waals surface area (Å²) in [5, 5.41) is 2.59. The van der Waals surface area contributed by atoms with E-state index in [-0.39, 0.29) is 0 Å². The van der Waals surface area contributed by atoms with Gasteiger partial charge in [0.05, 0.1) is 6.54 Å². The number of rotatable bonds is 3. The third-order valence-corrected chi connectivity index (χ3v) is 4.67. The monoisotopic (exact) mass is 272 g/mol. The Labute approximate surface area is 122 Å². The normalized spacial score (nSPS) is 22.6. The van der Waals surface area contributed by atoms with Crippen LogP contribution in [-0.2, 0) is 6.42 Å². The van der Waals surface area contributed by atoms with E-state index in [0.29, 0.717) is 6.17 Å². The molecule has 1 unspecified atom stereocenters. The number of hydrogen-bond acceptors (Lipinski definition) is 2. The first-order valence-corrected chi connectivity index (χ1v) is 7.87. The first-order valence-electron chi connectivity index (χ1n) is 7.87. The van der Waals surface area contributed by atoms with Crippen molar-refractivity contribution in [1.29, 1.82) is 0 Å². The van der Waals surface area contributed by atoms with E-state index in [2.05, 4.69) is 59.9 Å². The molecular formula is C17H26N3+. The molecule has 0 N–H and O–H groups in total. The summed E-state index contributed by atoms with van der Waals surface area (Å²) >= 11 is 0. The molecule has 1 fully saturated rings. The van der Waals surface area contributed by atoms with Gasteiger partial charge in [0.15, 0.2) is 6.54 Å². The molecule has 1 saturated heterocycles. The topological polar surface area (TPSA) is 9.49 Å². The van der Waals surface area contributed by atoms with Gasteiger partial charge in [-0.1, -0.05) is 25.1 Å². The molecule has 108 valence electrons. The Bertz CT molecular complexity index is 519. The first kappa shape index (κ1) is 13.6. The molecule has 0 aromatic heterocycles. The Morgan fingerprint density at radius 1 is 1.30 bits per heavy atom. The van der Waals surface area contributed by atoms with Crippen LogP contribution in [-0.4, -0.2) is 53.7 Å². The minimum Gasteiger partial charge on any atom is -0.285 e. The number of benzene rings is 1. The fourth-order valence-electron chi connectivity index (χ4n) is 3.72. The number of fused-ring (bicyclic) bond motifs is 1. The van der Waals surface area contributed by atoms with Gasteiger partial charge in [-0.05, 0) is 38.6 Å². The van der Waals surface area contributed by atoms with Crippen molar-refractivity contribution in [3.63, 3.8) is 0 Å². The van der Waals surface area contributed by atoms with Crippen LogP contribution in [0, 0.1) is 0 Å². The predicted octanol–water partition coefficient (Wildman–Crippen LogP) is 2.35. The molecule has 0 spiro atoms. The van der Waals surface area contributed by atoms with Crippen LogP contribution in [0.1, 0.15) is 37.3 Å². The summed E-state index contributed by atoms with van der Waals surface area (Å²) < 4.78 is 2.57. The summed E-state index contributed by atoms with van der Waals surface area (Å²) in [6.07, 6.45) is 5.41. The molecule has 3 heteroatoms. The standard InChI is InChI=1S/C17H26N3/c1-4-16-15-9-6-5-8-14(15)11-13-19(16)20-12-7-10-17(20)18(2)3/h5-6,8-9,17H,4,7,10-13H2,1-3H3/q+1. The van der Waals surface area contributed by atoms with Crippen LogP contribution in [0.5, 0.6) is 0 Å². The summed E-state index contributed by atoms with van der Waals surface area (Å²) in [7, 11) is 4.40. The van der Waals surface area contributed by atoms with Crippen molar-refractivity contribution in [2.45, 2.75) is 38.8 Å². The van der Waals surface area contributed by atoms with Crippen molar-refractivity contribution in [2.24, 2.45) is 0 Å². The SMILES string of the molecule is CCC1=[N+](N2CCCC2N(C)C)CCc2ccccc21. The van der Waals surface area contributed by atoms with Crippen LogP contribution in [0.3, 0.4) is 0 Å². The lowest BCUT2D eigenvalue weighted by Gasteiger charge is -2.31. The van der Waals surface area contributed by atoms with Crippen LogP contribution in [0.15, 0.2) is 24.3 Å². The van der Waals surface area contributed by atoms with Gasteiger partial charge in [-0.25, -0.2) is 0 Å². The average molecular weight is 272 g/mol. The lowest BCUT2D eigenvalue weighted by Crippen LogP contribution is -2.50. The number of hydrazine groups is 1. The van der Waals surface area contributed by atoms with Crippen molar-refractivity contribution < 1.29 is 4.68 Å². The lowest BCUT2D eigenvalue weighted by molar-refractivity contribution is -0.699. The molecule has 20 heavy (non-hydrogen) atoms. The molecular weight excluding hydrogens is 246 g/mol. The van der Waals surface area contributed by atoms with Crippen LogP contribution < -0.4 is 0 Å². The zero-order valence-electron chi connectivity index (χ0n) is 13.0. The Balaban J connectivity index is 2.01. The Kier molecular flexibility index (Phi) is 3.79. The second kappa shape index (κ2) is 5.57. The highest BCUT2D eigenvalue weighted by atomic mass is 15.6. The summed E-state index contributed by atoms with van der Waals surface area (Å²) in [5.74, 6) is 0. The van der Waals surface area contributed by atoms with E-state index in [9.17, 15) is 0 Å². The highest BCUT2D eigenvalue weighted by molar-refractivity contribution is 5.98. The van der Waals surface area contributed by atoms with Gasteiger partial charge in [0.2, 0.25) is 5.71 Å². The molecule has 0 amide bonds. The summed E-state index contributed by atoms with van der Waals surface area (Å²) in [6.45, 7) is 4.60. The fraction of sp³-hybridized carbons (Fsp3) is 0.588. The summed E-state index contributed by atoms with van der Waals surface area (Å²) in [4.78, 5) is 2.36. The van der Waals surface area contributed by atoms with Gasteiger partial charge >= 0.3 is 0 Å². The number of hydrazone groups is 1. The highest BCUT2D eigenvalue weighted by Crippen LogP contribution is 2.24. The molecule has 3 rings (SSSR count). The third kappa shape index (κ3) is 2.24. The van der Waals surface area contributed by atoms with Gasteiger partial charge in [-0.15, -0.1) is 4.68 Å². The maximum absolute atomic E-state index is 2.59. The molecule has 3 nitrogen and oxygen atoms in total. The van der Waals surface area contributed by atoms with Crippen molar-refractivity contribution in [2.75, 3.05) is 27.2 Å². The minimum absolute atomic E-state index is 0.557.